The SMILES string of the molecule is FC1(F)CN(c2cc(Cl)nc(N3CC4CC4C3)c2)C1. The Bertz CT molecular complexity index is 519. The molecule has 19 heavy (non-hydrogen) atoms. The van der Waals surface area contributed by atoms with Crippen molar-refractivity contribution in [1.29, 1.82) is 0 Å². The first-order chi connectivity index (χ1) is 9.00. The smallest absolute Gasteiger partial charge is 0.282 e. The number of rotatable bonds is 2. The highest BCUT2D eigenvalue weighted by Gasteiger charge is 2.46. The van der Waals surface area contributed by atoms with Crippen LogP contribution in [0.25, 0.3) is 0 Å². The molecular weight excluding hydrogens is 272 g/mol. The van der Waals surface area contributed by atoms with E-state index in [1.165, 1.54) is 6.42 Å². The highest BCUT2D eigenvalue weighted by Crippen LogP contribution is 2.46. The lowest BCUT2D eigenvalue weighted by molar-refractivity contribution is -0.0262. The molecule has 3 fully saturated rings. The minimum absolute atomic E-state index is 0.224. The molecule has 2 atom stereocenters. The Morgan fingerprint density at radius 3 is 2.47 bits per heavy atom. The molecule has 0 spiro atoms. The van der Waals surface area contributed by atoms with E-state index in [4.69, 9.17) is 11.6 Å². The van der Waals surface area contributed by atoms with Crippen LogP contribution in [0.15, 0.2) is 12.1 Å². The molecule has 1 aliphatic carbocycles. The number of nitrogens with zero attached hydrogens (tertiary/aromatic N) is 3. The molecule has 3 aliphatic rings. The van der Waals surface area contributed by atoms with Crippen molar-refractivity contribution >= 4 is 23.1 Å². The lowest BCUT2D eigenvalue weighted by Gasteiger charge is -2.40. The van der Waals surface area contributed by atoms with Crippen molar-refractivity contribution in [2.24, 2.45) is 11.8 Å². The quantitative estimate of drug-likeness (QED) is 0.779. The van der Waals surface area contributed by atoms with Gasteiger partial charge in [0, 0.05) is 24.8 Å². The summed E-state index contributed by atoms with van der Waals surface area (Å²) >= 11 is 6.02. The van der Waals surface area contributed by atoms with E-state index in [1.54, 1.807) is 11.0 Å². The maximum Gasteiger partial charge on any atom is 0.282 e. The van der Waals surface area contributed by atoms with Crippen molar-refractivity contribution in [2.75, 3.05) is 36.0 Å². The molecule has 0 amide bonds. The number of halogens is 3. The van der Waals surface area contributed by atoms with Crippen LogP contribution in [0.4, 0.5) is 20.3 Å². The van der Waals surface area contributed by atoms with Crippen LogP contribution >= 0.6 is 11.6 Å². The van der Waals surface area contributed by atoms with Crippen molar-refractivity contribution in [1.82, 2.24) is 4.98 Å². The average Bonchev–Trinajstić information content (AvgIpc) is 2.92. The summed E-state index contributed by atoms with van der Waals surface area (Å²) in [7, 11) is 0. The van der Waals surface area contributed by atoms with Crippen molar-refractivity contribution in [3.63, 3.8) is 0 Å². The van der Waals surface area contributed by atoms with Gasteiger partial charge in [-0.2, -0.15) is 0 Å². The average molecular weight is 286 g/mol. The summed E-state index contributed by atoms with van der Waals surface area (Å²) < 4.78 is 25.9. The van der Waals surface area contributed by atoms with Crippen LogP contribution in [0.1, 0.15) is 6.42 Å². The van der Waals surface area contributed by atoms with Gasteiger partial charge in [0.15, 0.2) is 0 Å². The van der Waals surface area contributed by atoms with Gasteiger partial charge in [0.2, 0.25) is 0 Å². The van der Waals surface area contributed by atoms with Gasteiger partial charge in [-0.15, -0.1) is 0 Å². The molecule has 0 radical (unpaired) electrons. The van der Waals surface area contributed by atoms with E-state index in [0.29, 0.717) is 5.15 Å². The van der Waals surface area contributed by atoms with Gasteiger partial charge in [-0.25, -0.2) is 13.8 Å². The maximum absolute atomic E-state index is 12.9. The number of pyridine rings is 1. The molecule has 2 aliphatic heterocycles. The van der Waals surface area contributed by atoms with Gasteiger partial charge in [-0.1, -0.05) is 11.6 Å². The monoisotopic (exact) mass is 285 g/mol. The fourth-order valence-electron chi connectivity index (χ4n) is 3.09. The minimum atomic E-state index is -2.56. The minimum Gasteiger partial charge on any atom is -0.359 e. The zero-order valence-corrected chi connectivity index (χ0v) is 11.1. The molecule has 1 saturated carbocycles. The summed E-state index contributed by atoms with van der Waals surface area (Å²) in [6.07, 6.45) is 1.32. The number of fused-ring (bicyclic) bond motifs is 1. The van der Waals surface area contributed by atoms with Crippen molar-refractivity contribution in [3.8, 4) is 0 Å². The summed E-state index contributed by atoms with van der Waals surface area (Å²) in [4.78, 5) is 8.19. The van der Waals surface area contributed by atoms with Crippen molar-refractivity contribution < 1.29 is 8.78 Å². The van der Waals surface area contributed by atoms with Crippen LogP contribution in [-0.2, 0) is 0 Å². The number of alkyl halides is 2. The highest BCUT2D eigenvalue weighted by atomic mass is 35.5. The van der Waals surface area contributed by atoms with E-state index < -0.39 is 5.92 Å². The molecular formula is C13H14ClF2N3. The Balaban J connectivity index is 1.57. The fraction of sp³-hybridized carbons (Fsp3) is 0.615. The molecule has 2 unspecified atom stereocenters. The predicted molar refractivity (Wildman–Crippen MR) is 70.2 cm³/mol. The first-order valence-electron chi connectivity index (χ1n) is 6.55. The van der Waals surface area contributed by atoms with Gasteiger partial charge in [0.25, 0.3) is 5.92 Å². The van der Waals surface area contributed by atoms with Crippen LogP contribution < -0.4 is 9.80 Å². The number of piperidine rings is 1. The first kappa shape index (κ1) is 11.7. The van der Waals surface area contributed by atoms with E-state index in [2.05, 4.69) is 9.88 Å². The Labute approximate surface area is 115 Å². The fourth-order valence-corrected chi connectivity index (χ4v) is 3.29. The molecule has 0 bridgehead atoms. The number of aromatic nitrogens is 1. The van der Waals surface area contributed by atoms with Crippen molar-refractivity contribution in [3.05, 3.63) is 17.3 Å². The van der Waals surface area contributed by atoms with E-state index in [9.17, 15) is 8.78 Å². The largest absolute Gasteiger partial charge is 0.359 e. The third-order valence-electron chi connectivity index (χ3n) is 4.28. The second-order valence-corrected chi connectivity index (χ2v) is 6.27. The Kier molecular flexibility index (Phi) is 2.29. The molecule has 4 rings (SSSR count). The molecule has 3 heterocycles. The molecule has 6 heteroatoms. The summed E-state index contributed by atoms with van der Waals surface area (Å²) in [6, 6.07) is 3.54. The Morgan fingerprint density at radius 2 is 1.84 bits per heavy atom. The lowest BCUT2D eigenvalue weighted by Crippen LogP contribution is -2.56. The third kappa shape index (κ3) is 2.04. The topological polar surface area (TPSA) is 19.4 Å². The third-order valence-corrected chi connectivity index (χ3v) is 4.47. The lowest BCUT2D eigenvalue weighted by atomic mass is 10.1. The first-order valence-corrected chi connectivity index (χ1v) is 6.93. The van der Waals surface area contributed by atoms with Crippen LogP contribution in [0.3, 0.4) is 0 Å². The Hall–Kier alpha value is -1.10. The zero-order valence-electron chi connectivity index (χ0n) is 10.3. The van der Waals surface area contributed by atoms with Gasteiger partial charge in [-0.3, -0.25) is 0 Å². The van der Waals surface area contributed by atoms with E-state index in [-0.39, 0.29) is 13.1 Å². The summed E-state index contributed by atoms with van der Waals surface area (Å²) in [6.45, 7) is 1.59. The molecule has 1 aromatic rings. The molecule has 0 N–H and O–H groups in total. The number of anilines is 2. The summed E-state index contributed by atoms with van der Waals surface area (Å²) in [5.41, 5.74) is 0.751. The molecule has 102 valence electrons. The van der Waals surface area contributed by atoms with E-state index in [1.807, 2.05) is 6.07 Å². The van der Waals surface area contributed by atoms with Crippen LogP contribution in [0.5, 0.6) is 0 Å². The van der Waals surface area contributed by atoms with Crippen LogP contribution in [0, 0.1) is 11.8 Å². The molecule has 2 saturated heterocycles. The normalized spacial score (nSPS) is 31.1. The molecule has 1 aromatic heterocycles. The second kappa shape index (κ2) is 3.72. The summed E-state index contributed by atoms with van der Waals surface area (Å²) in [5.74, 6) is -0.134. The van der Waals surface area contributed by atoms with Gasteiger partial charge < -0.3 is 9.80 Å². The van der Waals surface area contributed by atoms with Gasteiger partial charge in [0.05, 0.1) is 13.1 Å². The highest BCUT2D eigenvalue weighted by molar-refractivity contribution is 6.29. The zero-order chi connectivity index (χ0) is 13.2. The van der Waals surface area contributed by atoms with Gasteiger partial charge in [-0.05, 0) is 24.3 Å². The van der Waals surface area contributed by atoms with Gasteiger partial charge in [0.1, 0.15) is 11.0 Å². The van der Waals surface area contributed by atoms with Crippen LogP contribution in [-0.4, -0.2) is 37.1 Å². The van der Waals surface area contributed by atoms with E-state index in [0.717, 1.165) is 36.4 Å². The number of hydrogen-bond donors (Lipinski definition) is 0. The Morgan fingerprint density at radius 1 is 1.16 bits per heavy atom. The van der Waals surface area contributed by atoms with Crippen LogP contribution in [0.2, 0.25) is 5.15 Å². The van der Waals surface area contributed by atoms with E-state index >= 15 is 0 Å². The second-order valence-electron chi connectivity index (χ2n) is 5.88. The van der Waals surface area contributed by atoms with Gasteiger partial charge >= 0.3 is 0 Å². The van der Waals surface area contributed by atoms with Crippen molar-refractivity contribution in [2.45, 2.75) is 12.3 Å². The molecule has 3 nitrogen and oxygen atoms in total. The summed E-state index contributed by atoms with van der Waals surface area (Å²) in [5, 5.41) is 0.378. The standard InChI is InChI=1S/C13H14ClF2N3/c14-11-2-10(19-6-13(15,16)7-19)3-12(17-11)18-4-8-1-9(8)5-18/h2-3,8-9H,1,4-7H2. The predicted octanol–water partition coefficient (Wildman–Crippen LogP) is 2.65. The maximum atomic E-state index is 12.9. The number of hydrogen-bond acceptors (Lipinski definition) is 3. The molecule has 0 aromatic carbocycles.